The van der Waals surface area contributed by atoms with Crippen LogP contribution in [0, 0.1) is 5.92 Å². The van der Waals surface area contributed by atoms with Gasteiger partial charge in [0, 0.05) is 22.3 Å². The molecular weight excluding hydrogens is 448 g/mol. The predicted molar refractivity (Wildman–Crippen MR) is 119 cm³/mol. The number of rotatable bonds is 7. The van der Waals surface area contributed by atoms with Gasteiger partial charge in [0.15, 0.2) is 5.11 Å². The molecule has 142 valence electrons. The van der Waals surface area contributed by atoms with E-state index in [-0.39, 0.29) is 17.4 Å². The maximum absolute atomic E-state index is 12.1. The molecule has 0 aliphatic carbocycles. The molecule has 0 saturated carbocycles. The number of halogens is 1. The highest BCUT2D eigenvalue weighted by molar-refractivity contribution is 9.10. The summed E-state index contributed by atoms with van der Waals surface area (Å²) in [7, 11) is 0. The van der Waals surface area contributed by atoms with Gasteiger partial charge in [0.05, 0.1) is 11.3 Å². The summed E-state index contributed by atoms with van der Waals surface area (Å²) < 4.78 is 0.950. The van der Waals surface area contributed by atoms with Crippen LogP contribution in [0.25, 0.3) is 0 Å². The van der Waals surface area contributed by atoms with Crippen molar-refractivity contribution in [1.29, 1.82) is 0 Å². The van der Waals surface area contributed by atoms with Crippen molar-refractivity contribution >= 4 is 69.5 Å². The van der Waals surface area contributed by atoms with Gasteiger partial charge >= 0.3 is 0 Å². The molecule has 0 aromatic heterocycles. The van der Waals surface area contributed by atoms with Gasteiger partial charge in [-0.1, -0.05) is 34.1 Å². The first-order valence-electron chi connectivity index (χ1n) is 8.04. The lowest BCUT2D eigenvalue weighted by Crippen LogP contribution is -2.45. The third-order valence-corrected chi connectivity index (χ3v) is 4.75. The van der Waals surface area contributed by atoms with Gasteiger partial charge in [-0.2, -0.15) is 12.6 Å². The van der Waals surface area contributed by atoms with Crippen LogP contribution in [-0.2, 0) is 9.59 Å². The quantitative estimate of drug-likeness (QED) is 0.141. The number of benzene rings is 2. The second-order valence-corrected chi connectivity index (χ2v) is 7.47. The molecule has 0 aliphatic rings. The summed E-state index contributed by atoms with van der Waals surface area (Å²) in [5.74, 6) is -0.982. The molecule has 2 rings (SSSR count). The zero-order valence-corrected chi connectivity index (χ0v) is 17.5. The molecule has 4 N–H and O–H groups in total. The molecule has 6 nitrogen and oxygen atoms in total. The van der Waals surface area contributed by atoms with E-state index in [9.17, 15) is 9.59 Å². The number of carbonyl (C=O) groups is 2. The molecule has 2 aromatic rings. The molecule has 0 bridgehead atoms. The SMILES string of the molecule is O=CC(CC(=O)NNC(=S)Nc1ccc(Br)cc1)C(S)Nc1ccccc1. The minimum Gasteiger partial charge on any atom is -0.373 e. The van der Waals surface area contributed by atoms with Crippen LogP contribution in [0.2, 0.25) is 0 Å². The van der Waals surface area contributed by atoms with E-state index in [0.29, 0.717) is 6.29 Å². The van der Waals surface area contributed by atoms with Crippen LogP contribution in [0.15, 0.2) is 59.1 Å². The van der Waals surface area contributed by atoms with Crippen molar-refractivity contribution in [2.45, 2.75) is 11.8 Å². The van der Waals surface area contributed by atoms with Crippen LogP contribution in [0.3, 0.4) is 0 Å². The first-order valence-corrected chi connectivity index (χ1v) is 9.76. The number of carbonyl (C=O) groups excluding carboxylic acids is 2. The summed E-state index contributed by atoms with van der Waals surface area (Å²) in [4.78, 5) is 23.4. The summed E-state index contributed by atoms with van der Waals surface area (Å²) in [6.45, 7) is 0. The normalized spacial score (nSPS) is 12.4. The van der Waals surface area contributed by atoms with Crippen LogP contribution >= 0.6 is 40.8 Å². The number of nitrogens with one attached hydrogen (secondary N) is 4. The van der Waals surface area contributed by atoms with Crippen LogP contribution in [0.1, 0.15) is 6.42 Å². The van der Waals surface area contributed by atoms with Gasteiger partial charge in [-0.05, 0) is 48.6 Å². The molecular formula is C18H19BrN4O2S2. The Morgan fingerprint density at radius 1 is 1.07 bits per heavy atom. The molecule has 2 aromatic carbocycles. The average molecular weight is 467 g/mol. The van der Waals surface area contributed by atoms with E-state index in [0.717, 1.165) is 15.8 Å². The number of amides is 1. The molecule has 0 saturated heterocycles. The summed E-state index contributed by atoms with van der Waals surface area (Å²) in [5, 5.41) is 5.76. The lowest BCUT2D eigenvalue weighted by molar-refractivity contribution is -0.124. The molecule has 0 heterocycles. The summed E-state index contributed by atoms with van der Waals surface area (Å²) in [6, 6.07) is 16.8. The molecule has 1 amide bonds. The molecule has 9 heteroatoms. The standard InChI is InChI=1S/C18H19BrN4O2S2/c19-13-6-8-15(9-7-13)21-18(27)23-22-16(25)10-12(11-24)17(26)20-14-4-2-1-3-5-14/h1-9,11-12,17,20,26H,10H2,(H,22,25)(H2,21,23,27). The summed E-state index contributed by atoms with van der Waals surface area (Å²) >= 11 is 12.9. The molecule has 0 spiro atoms. The van der Waals surface area contributed by atoms with Gasteiger partial charge in [-0.3, -0.25) is 15.6 Å². The number of anilines is 2. The van der Waals surface area contributed by atoms with Gasteiger partial charge in [-0.15, -0.1) is 0 Å². The van der Waals surface area contributed by atoms with Gasteiger partial charge in [0.1, 0.15) is 6.29 Å². The van der Waals surface area contributed by atoms with Crippen molar-refractivity contribution in [2.75, 3.05) is 10.6 Å². The van der Waals surface area contributed by atoms with Crippen LogP contribution in [0.4, 0.5) is 11.4 Å². The Hall–Kier alpha value is -2.10. The number of hydrogen-bond donors (Lipinski definition) is 5. The highest BCUT2D eigenvalue weighted by atomic mass is 79.9. The Labute approximate surface area is 177 Å². The molecule has 2 unspecified atom stereocenters. The fraction of sp³-hybridized carbons (Fsp3) is 0.167. The van der Waals surface area contributed by atoms with Crippen molar-refractivity contribution in [3.8, 4) is 0 Å². The Morgan fingerprint density at radius 2 is 1.74 bits per heavy atom. The summed E-state index contributed by atoms with van der Waals surface area (Å²) in [6.07, 6.45) is 0.678. The van der Waals surface area contributed by atoms with Crippen molar-refractivity contribution in [1.82, 2.24) is 10.9 Å². The second-order valence-electron chi connectivity index (χ2n) is 5.59. The Kier molecular flexibility index (Phi) is 8.56. The van der Waals surface area contributed by atoms with Gasteiger partial charge in [0.25, 0.3) is 0 Å². The van der Waals surface area contributed by atoms with Crippen molar-refractivity contribution in [3.63, 3.8) is 0 Å². The first kappa shape index (κ1) is 21.2. The second kappa shape index (κ2) is 10.9. The monoisotopic (exact) mass is 466 g/mol. The molecule has 0 radical (unpaired) electrons. The maximum Gasteiger partial charge on any atom is 0.239 e. The zero-order chi connectivity index (χ0) is 19.6. The van der Waals surface area contributed by atoms with Crippen LogP contribution in [0.5, 0.6) is 0 Å². The third-order valence-electron chi connectivity index (χ3n) is 3.51. The van der Waals surface area contributed by atoms with Gasteiger partial charge in [-0.25, -0.2) is 0 Å². The number of thiol groups is 1. The molecule has 2 atom stereocenters. The fourth-order valence-corrected chi connectivity index (χ4v) is 2.89. The number of aldehydes is 1. The van der Waals surface area contributed by atoms with Gasteiger partial charge < -0.3 is 15.4 Å². The average Bonchev–Trinajstić information content (AvgIpc) is 2.67. The fourth-order valence-electron chi connectivity index (χ4n) is 2.13. The highest BCUT2D eigenvalue weighted by Gasteiger charge is 2.21. The maximum atomic E-state index is 12.1. The third kappa shape index (κ3) is 7.58. The minimum absolute atomic E-state index is 0.0363. The lowest BCUT2D eigenvalue weighted by Gasteiger charge is -2.20. The van der Waals surface area contributed by atoms with Crippen molar-refractivity contribution in [3.05, 3.63) is 59.1 Å². The van der Waals surface area contributed by atoms with E-state index in [1.165, 1.54) is 0 Å². The van der Waals surface area contributed by atoms with E-state index in [1.807, 2.05) is 54.6 Å². The summed E-state index contributed by atoms with van der Waals surface area (Å²) in [5.41, 5.74) is 6.68. The number of para-hydroxylation sites is 1. The van der Waals surface area contributed by atoms with Crippen molar-refractivity contribution < 1.29 is 9.59 Å². The Balaban J connectivity index is 1.77. The van der Waals surface area contributed by atoms with E-state index in [4.69, 9.17) is 12.2 Å². The van der Waals surface area contributed by atoms with E-state index >= 15 is 0 Å². The first-order chi connectivity index (χ1) is 13.0. The molecule has 0 aliphatic heterocycles. The van der Waals surface area contributed by atoms with Gasteiger partial charge in [0.2, 0.25) is 5.91 Å². The van der Waals surface area contributed by atoms with E-state index in [1.54, 1.807) is 0 Å². The highest BCUT2D eigenvalue weighted by Crippen LogP contribution is 2.17. The molecule has 27 heavy (non-hydrogen) atoms. The Bertz CT molecular complexity index is 775. The molecule has 0 fully saturated rings. The largest absolute Gasteiger partial charge is 0.373 e. The van der Waals surface area contributed by atoms with Crippen molar-refractivity contribution in [2.24, 2.45) is 5.92 Å². The zero-order valence-electron chi connectivity index (χ0n) is 14.2. The smallest absolute Gasteiger partial charge is 0.239 e. The number of thiocarbonyl (C=S) groups is 1. The lowest BCUT2D eigenvalue weighted by atomic mass is 10.1. The van der Waals surface area contributed by atoms with Crippen LogP contribution in [-0.4, -0.2) is 22.7 Å². The van der Waals surface area contributed by atoms with Crippen LogP contribution < -0.4 is 21.5 Å². The minimum atomic E-state index is -0.608. The predicted octanol–water partition coefficient (Wildman–Crippen LogP) is 3.34. The Morgan fingerprint density at radius 3 is 2.37 bits per heavy atom. The topological polar surface area (TPSA) is 82.3 Å². The number of hydrogen-bond acceptors (Lipinski definition) is 5. The van der Waals surface area contributed by atoms with E-state index < -0.39 is 11.3 Å². The van der Waals surface area contributed by atoms with E-state index in [2.05, 4.69) is 50.0 Å². The number of hydrazine groups is 1.